The predicted molar refractivity (Wildman–Crippen MR) is 101 cm³/mol. The molecule has 3 aromatic rings. The van der Waals surface area contributed by atoms with Crippen molar-refractivity contribution in [1.29, 1.82) is 0 Å². The van der Waals surface area contributed by atoms with Crippen LogP contribution in [0.25, 0.3) is 16.4 Å². The lowest BCUT2D eigenvalue weighted by molar-refractivity contribution is -0.152. The van der Waals surface area contributed by atoms with Gasteiger partial charge in [0.1, 0.15) is 17.4 Å². The van der Waals surface area contributed by atoms with E-state index < -0.39 is 11.9 Å². The van der Waals surface area contributed by atoms with Crippen molar-refractivity contribution in [1.82, 2.24) is 14.5 Å². The standard InChI is InChI=1S/C18H18N4O4S/c1-4-26-17(24)16(23)21-15-9-19-11(2)22(15)18-20-14(10-27-18)12-6-5-7-13(8-12)25-3/h5-10H,4H2,1-3H3,(H,21,23). The Hall–Kier alpha value is -3.20. The van der Waals surface area contributed by atoms with Crippen molar-refractivity contribution >= 4 is 29.0 Å². The van der Waals surface area contributed by atoms with Gasteiger partial charge in [0.15, 0.2) is 5.13 Å². The lowest BCUT2D eigenvalue weighted by Gasteiger charge is -2.08. The first-order valence-corrected chi connectivity index (χ1v) is 9.04. The summed E-state index contributed by atoms with van der Waals surface area (Å²) in [6, 6.07) is 7.58. The second-order valence-electron chi connectivity index (χ2n) is 5.45. The van der Waals surface area contributed by atoms with Gasteiger partial charge < -0.3 is 14.8 Å². The van der Waals surface area contributed by atoms with E-state index >= 15 is 0 Å². The second-order valence-corrected chi connectivity index (χ2v) is 6.28. The van der Waals surface area contributed by atoms with Crippen LogP contribution in [-0.4, -0.2) is 40.1 Å². The van der Waals surface area contributed by atoms with Crippen molar-refractivity contribution in [2.75, 3.05) is 19.0 Å². The van der Waals surface area contributed by atoms with Crippen molar-refractivity contribution in [2.45, 2.75) is 13.8 Å². The number of thiazole rings is 1. The lowest BCUT2D eigenvalue weighted by Crippen LogP contribution is -2.26. The highest BCUT2D eigenvalue weighted by Crippen LogP contribution is 2.29. The summed E-state index contributed by atoms with van der Waals surface area (Å²) in [4.78, 5) is 32.3. The van der Waals surface area contributed by atoms with Gasteiger partial charge in [-0.3, -0.25) is 9.36 Å². The van der Waals surface area contributed by atoms with Gasteiger partial charge in [-0.2, -0.15) is 0 Å². The van der Waals surface area contributed by atoms with Crippen LogP contribution < -0.4 is 10.1 Å². The minimum Gasteiger partial charge on any atom is -0.497 e. The Morgan fingerprint density at radius 1 is 1.33 bits per heavy atom. The van der Waals surface area contributed by atoms with E-state index in [1.807, 2.05) is 29.6 Å². The minimum atomic E-state index is -0.945. The van der Waals surface area contributed by atoms with E-state index in [1.54, 1.807) is 25.5 Å². The van der Waals surface area contributed by atoms with E-state index in [4.69, 9.17) is 9.47 Å². The third kappa shape index (κ3) is 3.98. The van der Waals surface area contributed by atoms with Gasteiger partial charge in [0, 0.05) is 10.9 Å². The van der Waals surface area contributed by atoms with Crippen LogP contribution in [0.4, 0.5) is 5.82 Å². The Morgan fingerprint density at radius 2 is 2.15 bits per heavy atom. The Morgan fingerprint density at radius 3 is 2.89 bits per heavy atom. The molecule has 0 aliphatic carbocycles. The first-order valence-electron chi connectivity index (χ1n) is 8.16. The summed E-state index contributed by atoms with van der Waals surface area (Å²) in [6.07, 6.45) is 1.47. The number of benzene rings is 1. The third-order valence-electron chi connectivity index (χ3n) is 3.69. The fourth-order valence-electron chi connectivity index (χ4n) is 2.42. The molecule has 3 rings (SSSR count). The third-order valence-corrected chi connectivity index (χ3v) is 4.52. The van der Waals surface area contributed by atoms with Crippen LogP contribution in [0, 0.1) is 6.92 Å². The number of aryl methyl sites for hydroxylation is 1. The van der Waals surface area contributed by atoms with Crippen LogP contribution in [0.3, 0.4) is 0 Å². The van der Waals surface area contributed by atoms with Crippen molar-refractivity contribution in [3.8, 4) is 22.1 Å². The van der Waals surface area contributed by atoms with Crippen molar-refractivity contribution in [2.24, 2.45) is 0 Å². The maximum Gasteiger partial charge on any atom is 0.397 e. The number of anilines is 1. The molecule has 0 bridgehead atoms. The molecule has 0 spiro atoms. The number of hydrogen-bond acceptors (Lipinski definition) is 7. The summed E-state index contributed by atoms with van der Waals surface area (Å²) in [5, 5.41) is 5.03. The number of rotatable bonds is 5. The van der Waals surface area contributed by atoms with Gasteiger partial charge in [0.25, 0.3) is 0 Å². The zero-order valence-electron chi connectivity index (χ0n) is 15.1. The van der Waals surface area contributed by atoms with E-state index in [1.165, 1.54) is 17.5 Å². The number of hydrogen-bond donors (Lipinski definition) is 1. The molecule has 0 fully saturated rings. The van der Waals surface area contributed by atoms with E-state index in [0.717, 1.165) is 17.0 Å². The molecule has 0 aliphatic heterocycles. The fourth-order valence-corrected chi connectivity index (χ4v) is 3.31. The average molecular weight is 386 g/mol. The zero-order chi connectivity index (χ0) is 19.4. The van der Waals surface area contributed by atoms with Gasteiger partial charge in [-0.25, -0.2) is 14.8 Å². The number of carbonyl (C=O) groups is 2. The minimum absolute atomic E-state index is 0.126. The molecule has 2 aromatic heterocycles. The highest BCUT2D eigenvalue weighted by molar-refractivity contribution is 7.12. The van der Waals surface area contributed by atoms with E-state index in [-0.39, 0.29) is 6.61 Å². The molecule has 0 aliphatic rings. The summed E-state index contributed by atoms with van der Waals surface area (Å²) in [6.45, 7) is 3.54. The molecule has 140 valence electrons. The van der Waals surface area contributed by atoms with Gasteiger partial charge in [-0.15, -0.1) is 11.3 Å². The summed E-state index contributed by atoms with van der Waals surface area (Å²) >= 11 is 1.39. The van der Waals surface area contributed by atoms with E-state index in [2.05, 4.69) is 15.3 Å². The first-order chi connectivity index (χ1) is 13.0. The summed E-state index contributed by atoms with van der Waals surface area (Å²) in [5.74, 6) is -0.0947. The number of carbonyl (C=O) groups excluding carboxylic acids is 2. The largest absolute Gasteiger partial charge is 0.497 e. The number of nitrogens with one attached hydrogen (secondary N) is 1. The molecule has 1 aromatic carbocycles. The number of ether oxygens (including phenoxy) is 2. The number of amides is 1. The molecule has 1 amide bonds. The highest BCUT2D eigenvalue weighted by atomic mass is 32.1. The maximum atomic E-state index is 11.9. The number of aromatic nitrogens is 3. The van der Waals surface area contributed by atoms with Crippen LogP contribution in [0.5, 0.6) is 5.75 Å². The molecule has 0 radical (unpaired) electrons. The van der Waals surface area contributed by atoms with Crippen LogP contribution >= 0.6 is 11.3 Å². The van der Waals surface area contributed by atoms with Gasteiger partial charge in [0.2, 0.25) is 0 Å². The second kappa shape index (κ2) is 8.00. The van der Waals surface area contributed by atoms with Crippen LogP contribution in [0.2, 0.25) is 0 Å². The van der Waals surface area contributed by atoms with Crippen LogP contribution in [0.1, 0.15) is 12.7 Å². The van der Waals surface area contributed by atoms with Gasteiger partial charge in [0.05, 0.1) is 25.6 Å². The zero-order valence-corrected chi connectivity index (χ0v) is 15.9. The van der Waals surface area contributed by atoms with E-state index in [0.29, 0.717) is 16.8 Å². The van der Waals surface area contributed by atoms with Crippen molar-refractivity contribution in [3.05, 3.63) is 41.7 Å². The molecule has 9 heteroatoms. The SMILES string of the molecule is CCOC(=O)C(=O)Nc1cnc(C)n1-c1nc(-c2cccc(OC)c2)cs1. The van der Waals surface area contributed by atoms with Crippen LogP contribution in [-0.2, 0) is 14.3 Å². The summed E-state index contributed by atoms with van der Waals surface area (Å²) in [5.41, 5.74) is 1.68. The van der Waals surface area contributed by atoms with Crippen molar-refractivity contribution < 1.29 is 19.1 Å². The molecular formula is C18H18N4O4S. The maximum absolute atomic E-state index is 11.9. The topological polar surface area (TPSA) is 95.3 Å². The fraction of sp³-hybridized carbons (Fsp3) is 0.222. The number of imidazole rings is 1. The lowest BCUT2D eigenvalue weighted by atomic mass is 10.2. The van der Waals surface area contributed by atoms with Gasteiger partial charge in [-0.05, 0) is 26.0 Å². The number of nitrogens with zero attached hydrogens (tertiary/aromatic N) is 3. The quantitative estimate of drug-likeness (QED) is 0.535. The Balaban J connectivity index is 1.89. The highest BCUT2D eigenvalue weighted by Gasteiger charge is 2.20. The normalized spacial score (nSPS) is 10.5. The molecule has 8 nitrogen and oxygen atoms in total. The van der Waals surface area contributed by atoms with Crippen LogP contribution in [0.15, 0.2) is 35.8 Å². The summed E-state index contributed by atoms with van der Waals surface area (Å²) < 4.78 is 11.6. The van der Waals surface area contributed by atoms with Gasteiger partial charge >= 0.3 is 11.9 Å². The smallest absolute Gasteiger partial charge is 0.397 e. The van der Waals surface area contributed by atoms with Crippen molar-refractivity contribution in [3.63, 3.8) is 0 Å². The summed E-state index contributed by atoms with van der Waals surface area (Å²) in [7, 11) is 1.61. The molecule has 0 unspecified atom stereocenters. The first kappa shape index (κ1) is 18.6. The average Bonchev–Trinajstić information content (AvgIpc) is 3.28. The molecule has 0 saturated heterocycles. The Labute approximate surface area is 159 Å². The molecule has 1 N–H and O–H groups in total. The molecular weight excluding hydrogens is 368 g/mol. The number of esters is 1. The van der Waals surface area contributed by atoms with E-state index in [9.17, 15) is 9.59 Å². The Kier molecular flexibility index (Phi) is 5.51. The number of methoxy groups -OCH3 is 1. The van der Waals surface area contributed by atoms with Gasteiger partial charge in [-0.1, -0.05) is 12.1 Å². The Bertz CT molecular complexity index is 979. The monoisotopic (exact) mass is 386 g/mol. The molecule has 2 heterocycles. The molecule has 0 atom stereocenters. The molecule has 27 heavy (non-hydrogen) atoms. The molecule has 0 saturated carbocycles. The predicted octanol–water partition coefficient (Wildman–Crippen LogP) is 2.81.